The van der Waals surface area contributed by atoms with Gasteiger partial charge in [-0.2, -0.15) is 4.80 Å². The van der Waals surface area contributed by atoms with Crippen LogP contribution in [0.4, 0.5) is 10.1 Å². The van der Waals surface area contributed by atoms with Crippen molar-refractivity contribution in [2.24, 2.45) is 0 Å². The summed E-state index contributed by atoms with van der Waals surface area (Å²) in [6.45, 7) is -0.189. The lowest BCUT2D eigenvalue weighted by molar-refractivity contribution is -0.117. The summed E-state index contributed by atoms with van der Waals surface area (Å²) < 4.78 is 38.1. The largest absolute Gasteiger partial charge is 0.324 e. The van der Waals surface area contributed by atoms with Gasteiger partial charge in [0.05, 0.1) is 4.90 Å². The molecule has 146 valence electrons. The average Bonchev–Trinajstić information content (AvgIpc) is 3.11. The molecule has 1 amide bonds. The number of tetrazole rings is 1. The number of rotatable bonds is 6. The van der Waals surface area contributed by atoms with Crippen LogP contribution in [0.5, 0.6) is 0 Å². The molecule has 0 saturated heterocycles. The standard InChI is InChI=1S/C17H17FN6O3S/c1-23(2)28(26,27)15-9-7-14(8-10-15)19-16(25)11-24-21-17(20-22-24)12-3-5-13(18)6-4-12/h3-10H,11H2,1-2H3,(H,19,25). The highest BCUT2D eigenvalue weighted by Crippen LogP contribution is 2.17. The topological polar surface area (TPSA) is 110 Å². The Morgan fingerprint density at radius 1 is 1.11 bits per heavy atom. The predicted molar refractivity (Wildman–Crippen MR) is 99.2 cm³/mol. The summed E-state index contributed by atoms with van der Waals surface area (Å²) in [5, 5.41) is 14.4. The van der Waals surface area contributed by atoms with Crippen LogP contribution in [-0.4, -0.2) is 52.9 Å². The number of carbonyl (C=O) groups excluding carboxylic acids is 1. The van der Waals surface area contributed by atoms with Crippen LogP contribution in [0.2, 0.25) is 0 Å². The Balaban J connectivity index is 1.64. The summed E-state index contributed by atoms with van der Waals surface area (Å²) >= 11 is 0. The molecule has 1 N–H and O–H groups in total. The molecule has 2 aromatic carbocycles. The average molecular weight is 404 g/mol. The quantitative estimate of drug-likeness (QED) is 0.664. The Morgan fingerprint density at radius 2 is 1.75 bits per heavy atom. The first-order valence-electron chi connectivity index (χ1n) is 8.12. The van der Waals surface area contributed by atoms with Crippen LogP contribution >= 0.6 is 0 Å². The molecule has 1 aromatic heterocycles. The summed E-state index contributed by atoms with van der Waals surface area (Å²) in [7, 11) is -0.651. The van der Waals surface area contributed by atoms with Crippen LogP contribution in [0.1, 0.15) is 0 Å². The number of hydrogen-bond acceptors (Lipinski definition) is 6. The van der Waals surface area contributed by atoms with Crippen LogP contribution in [0.3, 0.4) is 0 Å². The molecule has 3 aromatic rings. The van der Waals surface area contributed by atoms with Crippen molar-refractivity contribution in [3.63, 3.8) is 0 Å². The van der Waals surface area contributed by atoms with Crippen molar-refractivity contribution >= 4 is 21.6 Å². The molecule has 0 saturated carbocycles. The van der Waals surface area contributed by atoms with Gasteiger partial charge < -0.3 is 5.32 Å². The monoisotopic (exact) mass is 404 g/mol. The molecule has 0 unspecified atom stereocenters. The summed E-state index contributed by atoms with van der Waals surface area (Å²) in [4.78, 5) is 13.4. The lowest BCUT2D eigenvalue weighted by Crippen LogP contribution is -2.22. The summed E-state index contributed by atoms with van der Waals surface area (Å²) in [5.41, 5.74) is 1.01. The molecule has 0 aliphatic heterocycles. The van der Waals surface area contributed by atoms with E-state index in [2.05, 4.69) is 20.7 Å². The smallest absolute Gasteiger partial charge is 0.248 e. The van der Waals surface area contributed by atoms with E-state index in [1.165, 1.54) is 62.6 Å². The lowest BCUT2D eigenvalue weighted by atomic mass is 10.2. The normalized spacial score (nSPS) is 11.6. The molecule has 0 bridgehead atoms. The Labute approximate surface area is 160 Å². The van der Waals surface area contributed by atoms with E-state index < -0.39 is 15.9 Å². The van der Waals surface area contributed by atoms with Gasteiger partial charge in [-0.25, -0.2) is 17.1 Å². The van der Waals surface area contributed by atoms with Gasteiger partial charge >= 0.3 is 0 Å². The van der Waals surface area contributed by atoms with E-state index in [1.807, 2.05) is 0 Å². The highest BCUT2D eigenvalue weighted by Gasteiger charge is 2.17. The molecule has 9 nitrogen and oxygen atoms in total. The molecule has 28 heavy (non-hydrogen) atoms. The van der Waals surface area contributed by atoms with E-state index in [4.69, 9.17) is 0 Å². The maximum Gasteiger partial charge on any atom is 0.248 e. The third-order valence-corrected chi connectivity index (χ3v) is 5.59. The first-order chi connectivity index (χ1) is 13.3. The van der Waals surface area contributed by atoms with Crippen LogP contribution in [0.25, 0.3) is 11.4 Å². The van der Waals surface area contributed by atoms with Crippen LogP contribution in [0.15, 0.2) is 53.4 Å². The van der Waals surface area contributed by atoms with Crippen molar-refractivity contribution in [2.75, 3.05) is 19.4 Å². The van der Waals surface area contributed by atoms with Gasteiger partial charge in [0.2, 0.25) is 21.8 Å². The number of benzene rings is 2. The maximum absolute atomic E-state index is 13.0. The number of nitrogens with zero attached hydrogens (tertiary/aromatic N) is 5. The summed E-state index contributed by atoms with van der Waals surface area (Å²) in [6, 6.07) is 11.4. The van der Waals surface area contributed by atoms with E-state index in [-0.39, 0.29) is 23.1 Å². The highest BCUT2D eigenvalue weighted by atomic mass is 32.2. The van der Waals surface area contributed by atoms with Crippen molar-refractivity contribution in [2.45, 2.75) is 11.4 Å². The Morgan fingerprint density at radius 3 is 2.36 bits per heavy atom. The van der Waals surface area contributed by atoms with Gasteiger partial charge in [-0.1, -0.05) is 0 Å². The number of amides is 1. The van der Waals surface area contributed by atoms with Crippen LogP contribution < -0.4 is 5.32 Å². The number of hydrogen-bond donors (Lipinski definition) is 1. The molecule has 3 rings (SSSR count). The Kier molecular flexibility index (Phi) is 5.47. The molecular formula is C17H17FN6O3S. The number of sulfonamides is 1. The van der Waals surface area contributed by atoms with Crippen molar-refractivity contribution in [3.05, 3.63) is 54.3 Å². The van der Waals surface area contributed by atoms with Gasteiger partial charge in [-0.05, 0) is 53.7 Å². The van der Waals surface area contributed by atoms with Gasteiger partial charge in [-0.15, -0.1) is 10.2 Å². The molecular weight excluding hydrogens is 387 g/mol. The fourth-order valence-electron chi connectivity index (χ4n) is 2.27. The molecule has 0 fully saturated rings. The van der Waals surface area contributed by atoms with Crippen LogP contribution in [-0.2, 0) is 21.4 Å². The molecule has 1 heterocycles. The second kappa shape index (κ2) is 7.82. The minimum atomic E-state index is -3.53. The van der Waals surface area contributed by atoms with E-state index in [1.54, 1.807) is 0 Å². The van der Waals surface area contributed by atoms with Gasteiger partial charge in [0.1, 0.15) is 12.4 Å². The van der Waals surface area contributed by atoms with Crippen molar-refractivity contribution in [1.82, 2.24) is 24.5 Å². The summed E-state index contributed by atoms with van der Waals surface area (Å²) in [6.07, 6.45) is 0. The minimum absolute atomic E-state index is 0.123. The van der Waals surface area contributed by atoms with Gasteiger partial charge in [0.25, 0.3) is 0 Å². The Bertz CT molecular complexity index is 1080. The number of halogens is 1. The molecule has 0 radical (unpaired) electrons. The fraction of sp³-hybridized carbons (Fsp3) is 0.176. The zero-order chi connectivity index (χ0) is 20.3. The molecule has 0 aliphatic rings. The first-order valence-corrected chi connectivity index (χ1v) is 9.56. The third kappa shape index (κ3) is 4.38. The van der Waals surface area contributed by atoms with Crippen LogP contribution in [0, 0.1) is 5.82 Å². The van der Waals surface area contributed by atoms with E-state index >= 15 is 0 Å². The fourth-order valence-corrected chi connectivity index (χ4v) is 3.18. The number of carbonyl (C=O) groups is 1. The van der Waals surface area contributed by atoms with Crippen molar-refractivity contribution in [1.29, 1.82) is 0 Å². The molecule has 11 heteroatoms. The minimum Gasteiger partial charge on any atom is -0.324 e. The van der Waals surface area contributed by atoms with E-state index in [9.17, 15) is 17.6 Å². The second-order valence-corrected chi connectivity index (χ2v) is 8.16. The Hall–Kier alpha value is -3.18. The highest BCUT2D eigenvalue weighted by molar-refractivity contribution is 7.89. The number of anilines is 1. The predicted octanol–water partition coefficient (Wildman–Crippen LogP) is 1.37. The lowest BCUT2D eigenvalue weighted by Gasteiger charge is -2.11. The third-order valence-electron chi connectivity index (χ3n) is 3.76. The number of aromatic nitrogens is 4. The second-order valence-electron chi connectivity index (χ2n) is 6.01. The van der Waals surface area contributed by atoms with Gasteiger partial charge in [-0.3, -0.25) is 4.79 Å². The van der Waals surface area contributed by atoms with Gasteiger partial charge in [0, 0.05) is 25.3 Å². The SMILES string of the molecule is CN(C)S(=O)(=O)c1ccc(NC(=O)Cn2nnc(-c3ccc(F)cc3)n2)cc1. The molecule has 0 atom stereocenters. The van der Waals surface area contributed by atoms with Crippen molar-refractivity contribution in [3.8, 4) is 11.4 Å². The number of nitrogens with one attached hydrogen (secondary N) is 1. The maximum atomic E-state index is 13.0. The molecule has 0 aliphatic carbocycles. The molecule has 0 spiro atoms. The van der Waals surface area contributed by atoms with Gasteiger partial charge in [0.15, 0.2) is 0 Å². The first kappa shape index (κ1) is 19.6. The van der Waals surface area contributed by atoms with E-state index in [0.29, 0.717) is 11.3 Å². The van der Waals surface area contributed by atoms with Crippen molar-refractivity contribution < 1.29 is 17.6 Å². The van der Waals surface area contributed by atoms with E-state index in [0.717, 1.165) is 9.10 Å². The summed E-state index contributed by atoms with van der Waals surface area (Å²) in [5.74, 6) is -0.516. The zero-order valence-electron chi connectivity index (χ0n) is 15.1. The zero-order valence-corrected chi connectivity index (χ0v) is 15.9.